The summed E-state index contributed by atoms with van der Waals surface area (Å²) in [5.41, 5.74) is 2.30. The van der Waals surface area contributed by atoms with Gasteiger partial charge >= 0.3 is 0 Å². The number of nitrogens with zero attached hydrogens (tertiary/aromatic N) is 2. The fourth-order valence-corrected chi connectivity index (χ4v) is 3.25. The van der Waals surface area contributed by atoms with Gasteiger partial charge < -0.3 is 4.57 Å². The van der Waals surface area contributed by atoms with E-state index in [0.717, 1.165) is 23.6 Å². The van der Waals surface area contributed by atoms with E-state index >= 15 is 0 Å². The summed E-state index contributed by atoms with van der Waals surface area (Å²) in [6.07, 6.45) is 2.10. The summed E-state index contributed by atoms with van der Waals surface area (Å²) in [6, 6.07) is 3.37. The number of aryl methyl sites for hydroxylation is 1. The fourth-order valence-electron chi connectivity index (χ4n) is 2.41. The number of benzene rings is 1. The van der Waals surface area contributed by atoms with Gasteiger partial charge in [-0.3, -0.25) is 0 Å². The maximum absolute atomic E-state index is 13.7. The first-order valence-electron chi connectivity index (χ1n) is 6.73. The number of rotatable bonds is 5. The van der Waals surface area contributed by atoms with Crippen LogP contribution in [0.3, 0.4) is 0 Å². The van der Waals surface area contributed by atoms with Crippen LogP contribution in [0.25, 0.3) is 11.0 Å². The molecular formula is C15H20ClFN2S. The highest BCUT2D eigenvalue weighted by Crippen LogP contribution is 2.27. The zero-order valence-corrected chi connectivity index (χ0v) is 13.9. The van der Waals surface area contributed by atoms with Gasteiger partial charge in [0.2, 0.25) is 0 Å². The average molecular weight is 315 g/mol. The number of hydrogen-bond acceptors (Lipinski definition) is 2. The quantitative estimate of drug-likeness (QED) is 0.739. The van der Waals surface area contributed by atoms with Crippen molar-refractivity contribution in [3.63, 3.8) is 0 Å². The summed E-state index contributed by atoms with van der Waals surface area (Å²) in [5.74, 6) is 2.20. The first kappa shape index (κ1) is 15.6. The molecule has 1 aromatic heterocycles. The molecule has 0 spiro atoms. The van der Waals surface area contributed by atoms with Crippen molar-refractivity contribution in [2.75, 3.05) is 12.0 Å². The molecule has 0 aliphatic rings. The molecule has 2 nitrogen and oxygen atoms in total. The zero-order valence-electron chi connectivity index (χ0n) is 12.3. The molecule has 110 valence electrons. The van der Waals surface area contributed by atoms with Crippen molar-refractivity contribution in [3.8, 4) is 0 Å². The van der Waals surface area contributed by atoms with Gasteiger partial charge in [0.1, 0.15) is 11.6 Å². The number of imidazole rings is 1. The first-order valence-corrected chi connectivity index (χ1v) is 8.56. The molecule has 1 heterocycles. The summed E-state index contributed by atoms with van der Waals surface area (Å²) in [5, 5.41) is -0.188. The summed E-state index contributed by atoms with van der Waals surface area (Å²) in [6.45, 7) is 6.75. The van der Waals surface area contributed by atoms with Crippen LogP contribution in [0.4, 0.5) is 4.39 Å². The second-order valence-corrected chi connectivity index (χ2v) is 6.91. The third-order valence-electron chi connectivity index (χ3n) is 3.36. The number of halogens is 2. The van der Waals surface area contributed by atoms with E-state index < -0.39 is 0 Å². The normalized spacial score (nSPS) is 14.7. The van der Waals surface area contributed by atoms with Crippen molar-refractivity contribution < 1.29 is 4.39 Å². The molecule has 5 heteroatoms. The van der Waals surface area contributed by atoms with Crippen LogP contribution in [0.5, 0.6) is 0 Å². The summed E-state index contributed by atoms with van der Waals surface area (Å²) >= 11 is 8.07. The Hall–Kier alpha value is -0.740. The smallest absolute Gasteiger partial charge is 0.128 e. The molecule has 0 N–H and O–H groups in total. The van der Waals surface area contributed by atoms with Crippen LogP contribution in [0, 0.1) is 18.7 Å². The molecule has 0 amide bonds. The van der Waals surface area contributed by atoms with Crippen LogP contribution in [0.15, 0.2) is 12.1 Å². The van der Waals surface area contributed by atoms with Gasteiger partial charge in [0.25, 0.3) is 0 Å². The highest BCUT2D eigenvalue weighted by molar-refractivity contribution is 7.98. The Balaban J connectivity index is 2.53. The lowest BCUT2D eigenvalue weighted by molar-refractivity contribution is 0.524. The second-order valence-electron chi connectivity index (χ2n) is 5.35. The molecular weight excluding hydrogens is 295 g/mol. The van der Waals surface area contributed by atoms with E-state index in [4.69, 9.17) is 11.6 Å². The van der Waals surface area contributed by atoms with E-state index in [-0.39, 0.29) is 11.2 Å². The number of fused-ring (bicyclic) bond motifs is 1. The van der Waals surface area contributed by atoms with Crippen LogP contribution >= 0.6 is 23.4 Å². The maximum Gasteiger partial charge on any atom is 0.128 e. The summed E-state index contributed by atoms with van der Waals surface area (Å²) in [7, 11) is 0. The van der Waals surface area contributed by atoms with Crippen molar-refractivity contribution >= 4 is 34.4 Å². The standard InChI is InChI=1S/C15H20ClFN2S/c1-9(8-20-4)7-19-14-5-10(2)12(17)6-13(14)18-15(19)11(3)16/h5-6,9,11H,7-8H2,1-4H3. The Morgan fingerprint density at radius 2 is 2.10 bits per heavy atom. The zero-order chi connectivity index (χ0) is 14.9. The lowest BCUT2D eigenvalue weighted by Gasteiger charge is -2.15. The minimum absolute atomic E-state index is 0.188. The molecule has 0 fully saturated rings. The van der Waals surface area contributed by atoms with E-state index in [1.165, 1.54) is 6.07 Å². The molecule has 20 heavy (non-hydrogen) atoms. The topological polar surface area (TPSA) is 17.8 Å². The highest BCUT2D eigenvalue weighted by atomic mass is 35.5. The van der Waals surface area contributed by atoms with E-state index in [0.29, 0.717) is 17.0 Å². The van der Waals surface area contributed by atoms with Gasteiger partial charge in [-0.25, -0.2) is 9.37 Å². The van der Waals surface area contributed by atoms with Crippen LogP contribution in [-0.2, 0) is 6.54 Å². The van der Waals surface area contributed by atoms with Gasteiger partial charge in [0, 0.05) is 12.6 Å². The van der Waals surface area contributed by atoms with Gasteiger partial charge in [-0.05, 0) is 43.4 Å². The van der Waals surface area contributed by atoms with Gasteiger partial charge in [0.15, 0.2) is 0 Å². The van der Waals surface area contributed by atoms with E-state index in [2.05, 4.69) is 22.7 Å². The minimum atomic E-state index is -0.215. The predicted octanol–water partition coefficient (Wildman–Crippen LogP) is 4.78. The van der Waals surface area contributed by atoms with E-state index in [1.54, 1.807) is 6.92 Å². The molecule has 2 atom stereocenters. The molecule has 0 radical (unpaired) electrons. The lowest BCUT2D eigenvalue weighted by Crippen LogP contribution is -2.13. The van der Waals surface area contributed by atoms with Crippen molar-refractivity contribution in [1.82, 2.24) is 9.55 Å². The average Bonchev–Trinajstić information content (AvgIpc) is 2.69. The molecule has 2 unspecified atom stereocenters. The van der Waals surface area contributed by atoms with Crippen molar-refractivity contribution in [2.45, 2.75) is 32.7 Å². The maximum atomic E-state index is 13.7. The van der Waals surface area contributed by atoms with Crippen molar-refractivity contribution in [2.24, 2.45) is 5.92 Å². The molecule has 2 aromatic rings. The van der Waals surface area contributed by atoms with E-state index in [1.807, 2.05) is 24.8 Å². The predicted molar refractivity (Wildman–Crippen MR) is 86.2 cm³/mol. The lowest BCUT2D eigenvalue weighted by atomic mass is 10.2. The Kier molecular flexibility index (Phi) is 4.97. The number of aromatic nitrogens is 2. The molecule has 0 saturated carbocycles. The van der Waals surface area contributed by atoms with E-state index in [9.17, 15) is 4.39 Å². The molecule has 0 saturated heterocycles. The third kappa shape index (κ3) is 3.12. The van der Waals surface area contributed by atoms with Gasteiger partial charge in [-0.1, -0.05) is 6.92 Å². The Labute approximate surface area is 128 Å². The largest absolute Gasteiger partial charge is 0.326 e. The Morgan fingerprint density at radius 1 is 1.40 bits per heavy atom. The van der Waals surface area contributed by atoms with Crippen LogP contribution in [0.1, 0.15) is 30.6 Å². The fraction of sp³-hybridized carbons (Fsp3) is 0.533. The SMILES string of the molecule is CSCC(C)Cn1c(C(C)Cl)nc2cc(F)c(C)cc21. The molecule has 0 aliphatic carbocycles. The molecule has 0 bridgehead atoms. The van der Waals surface area contributed by atoms with Crippen LogP contribution in [-0.4, -0.2) is 21.6 Å². The number of alkyl halides is 1. The molecule has 0 aliphatic heterocycles. The minimum Gasteiger partial charge on any atom is -0.326 e. The number of hydrogen-bond donors (Lipinski definition) is 0. The van der Waals surface area contributed by atoms with Crippen LogP contribution < -0.4 is 0 Å². The third-order valence-corrected chi connectivity index (χ3v) is 4.46. The summed E-state index contributed by atoms with van der Waals surface area (Å²) in [4.78, 5) is 4.51. The van der Waals surface area contributed by atoms with Crippen molar-refractivity contribution in [1.29, 1.82) is 0 Å². The van der Waals surface area contributed by atoms with Crippen LogP contribution in [0.2, 0.25) is 0 Å². The van der Waals surface area contributed by atoms with Gasteiger partial charge in [0.05, 0.1) is 16.4 Å². The van der Waals surface area contributed by atoms with Crippen molar-refractivity contribution in [3.05, 3.63) is 29.3 Å². The molecule has 2 rings (SSSR count). The monoisotopic (exact) mass is 314 g/mol. The van der Waals surface area contributed by atoms with Gasteiger partial charge in [-0.2, -0.15) is 11.8 Å². The Morgan fingerprint density at radius 3 is 2.70 bits per heavy atom. The first-order chi connectivity index (χ1) is 9.43. The highest BCUT2D eigenvalue weighted by Gasteiger charge is 2.18. The molecule has 1 aromatic carbocycles. The Bertz CT molecular complexity index is 609. The number of thioether (sulfide) groups is 1. The van der Waals surface area contributed by atoms with Gasteiger partial charge in [-0.15, -0.1) is 11.6 Å². The summed E-state index contributed by atoms with van der Waals surface area (Å²) < 4.78 is 15.8. The second kappa shape index (κ2) is 6.35.